The van der Waals surface area contributed by atoms with Gasteiger partial charge in [-0.05, 0) is 39.0 Å². The van der Waals surface area contributed by atoms with E-state index in [0.29, 0.717) is 18.7 Å². The van der Waals surface area contributed by atoms with Crippen LogP contribution in [0.3, 0.4) is 0 Å². The number of aryl methyl sites for hydroxylation is 3. The first-order valence-corrected chi connectivity index (χ1v) is 9.13. The molecule has 26 heavy (non-hydrogen) atoms. The van der Waals surface area contributed by atoms with Gasteiger partial charge in [-0.2, -0.15) is 5.10 Å². The maximum atomic E-state index is 12.2. The topological polar surface area (TPSA) is 76.9 Å². The smallest absolute Gasteiger partial charge is 0.266 e. The first-order chi connectivity index (χ1) is 12.4. The van der Waals surface area contributed by atoms with Crippen LogP contribution in [-0.2, 0) is 6.54 Å². The summed E-state index contributed by atoms with van der Waals surface area (Å²) in [4.78, 5) is 29.6. The molecule has 0 aliphatic carbocycles. The minimum Gasteiger partial charge on any atom is -0.350 e. The number of rotatable bonds is 5. The Labute approximate surface area is 155 Å². The van der Waals surface area contributed by atoms with Crippen LogP contribution in [0.2, 0.25) is 0 Å². The van der Waals surface area contributed by atoms with Gasteiger partial charge in [0.15, 0.2) is 0 Å². The molecule has 0 unspecified atom stereocenters. The van der Waals surface area contributed by atoms with Crippen molar-refractivity contribution in [2.45, 2.75) is 27.3 Å². The fourth-order valence-electron chi connectivity index (χ4n) is 2.66. The average molecular weight is 368 g/mol. The van der Waals surface area contributed by atoms with Crippen LogP contribution in [0.25, 0.3) is 10.6 Å². The minimum atomic E-state index is -0.197. The third-order valence-corrected chi connectivity index (χ3v) is 4.99. The summed E-state index contributed by atoms with van der Waals surface area (Å²) >= 11 is 1.55. The van der Waals surface area contributed by atoms with E-state index in [1.807, 2.05) is 39.0 Å². The van der Waals surface area contributed by atoms with E-state index < -0.39 is 0 Å². The highest BCUT2D eigenvalue weighted by Crippen LogP contribution is 2.27. The van der Waals surface area contributed by atoms with E-state index >= 15 is 0 Å². The van der Waals surface area contributed by atoms with Gasteiger partial charge in [0.2, 0.25) is 0 Å². The monoisotopic (exact) mass is 368 g/mol. The largest absolute Gasteiger partial charge is 0.350 e. The van der Waals surface area contributed by atoms with E-state index in [1.165, 1.54) is 10.7 Å². The number of nitrogens with one attached hydrogen (secondary N) is 1. The molecule has 0 fully saturated rings. The van der Waals surface area contributed by atoms with Gasteiger partial charge < -0.3 is 5.32 Å². The van der Waals surface area contributed by atoms with Crippen LogP contribution in [0.1, 0.15) is 26.6 Å². The zero-order valence-corrected chi connectivity index (χ0v) is 15.8. The van der Waals surface area contributed by atoms with E-state index in [4.69, 9.17) is 0 Å². The first kappa shape index (κ1) is 18.0. The molecule has 0 aliphatic heterocycles. The van der Waals surface area contributed by atoms with Gasteiger partial charge in [-0.1, -0.05) is 17.7 Å². The van der Waals surface area contributed by atoms with Crippen molar-refractivity contribution in [2.75, 3.05) is 6.54 Å². The molecule has 1 aromatic carbocycles. The van der Waals surface area contributed by atoms with Gasteiger partial charge in [0, 0.05) is 18.2 Å². The van der Waals surface area contributed by atoms with Crippen LogP contribution < -0.4 is 10.9 Å². The Morgan fingerprint density at radius 1 is 1.19 bits per heavy atom. The maximum Gasteiger partial charge on any atom is 0.266 e. The normalized spacial score (nSPS) is 10.7. The molecule has 3 aromatic rings. The van der Waals surface area contributed by atoms with E-state index in [0.717, 1.165) is 26.8 Å². The van der Waals surface area contributed by atoms with Crippen molar-refractivity contribution in [3.63, 3.8) is 0 Å². The molecular weight excluding hydrogens is 348 g/mol. The molecule has 6 nitrogen and oxygen atoms in total. The van der Waals surface area contributed by atoms with Crippen LogP contribution in [0.5, 0.6) is 0 Å². The van der Waals surface area contributed by atoms with Gasteiger partial charge >= 0.3 is 0 Å². The molecule has 2 aromatic heterocycles. The molecule has 2 heterocycles. The summed E-state index contributed by atoms with van der Waals surface area (Å²) in [6, 6.07) is 10.6. The van der Waals surface area contributed by atoms with Crippen LogP contribution in [-0.4, -0.2) is 27.2 Å². The lowest BCUT2D eigenvalue weighted by atomic mass is 10.1. The number of thiazole rings is 1. The average Bonchev–Trinajstić information content (AvgIpc) is 2.95. The predicted octanol–water partition coefficient (Wildman–Crippen LogP) is 2.72. The summed E-state index contributed by atoms with van der Waals surface area (Å²) < 4.78 is 1.38. The maximum absolute atomic E-state index is 12.2. The van der Waals surface area contributed by atoms with Gasteiger partial charge in [0.25, 0.3) is 11.5 Å². The van der Waals surface area contributed by atoms with Gasteiger partial charge in [0.1, 0.15) is 5.69 Å². The summed E-state index contributed by atoms with van der Waals surface area (Å²) in [5, 5.41) is 8.21. The highest BCUT2D eigenvalue weighted by molar-refractivity contribution is 7.15. The molecule has 0 spiro atoms. The van der Waals surface area contributed by atoms with E-state index in [1.54, 1.807) is 23.5 Å². The molecule has 0 radical (unpaired) electrons. The second-order valence-corrected chi connectivity index (χ2v) is 7.26. The summed E-state index contributed by atoms with van der Waals surface area (Å²) in [6.45, 7) is 6.44. The first-order valence-electron chi connectivity index (χ1n) is 8.31. The van der Waals surface area contributed by atoms with Crippen molar-refractivity contribution in [3.05, 3.63) is 68.6 Å². The molecule has 0 saturated heterocycles. The number of carbonyl (C=O) groups excluding carboxylic acids is 1. The van der Waals surface area contributed by atoms with Crippen LogP contribution in [0.4, 0.5) is 0 Å². The SMILES string of the molecule is Cc1cccc(C(=O)NCCn2nc(-c3sc(C)nc3C)ccc2=O)c1. The second-order valence-electron chi connectivity index (χ2n) is 6.05. The quantitative estimate of drug-likeness (QED) is 0.751. The van der Waals surface area contributed by atoms with Gasteiger partial charge in [-0.15, -0.1) is 11.3 Å². The van der Waals surface area contributed by atoms with Crippen molar-refractivity contribution >= 4 is 17.2 Å². The summed E-state index contributed by atoms with van der Waals surface area (Å²) in [5.74, 6) is -0.160. The van der Waals surface area contributed by atoms with Crippen LogP contribution in [0.15, 0.2) is 41.2 Å². The van der Waals surface area contributed by atoms with Gasteiger partial charge in [0.05, 0.1) is 22.1 Å². The molecule has 134 valence electrons. The Kier molecular flexibility index (Phi) is 5.27. The Morgan fingerprint density at radius 3 is 2.69 bits per heavy atom. The van der Waals surface area contributed by atoms with E-state index in [9.17, 15) is 9.59 Å². The number of carbonyl (C=O) groups is 1. The number of aromatic nitrogens is 3. The zero-order valence-electron chi connectivity index (χ0n) is 14.9. The van der Waals surface area contributed by atoms with Crippen molar-refractivity contribution < 1.29 is 4.79 Å². The van der Waals surface area contributed by atoms with Gasteiger partial charge in [-0.3, -0.25) is 9.59 Å². The van der Waals surface area contributed by atoms with Crippen molar-refractivity contribution in [3.8, 4) is 10.6 Å². The zero-order chi connectivity index (χ0) is 18.7. The molecule has 1 amide bonds. The van der Waals surface area contributed by atoms with Crippen LogP contribution >= 0.6 is 11.3 Å². The van der Waals surface area contributed by atoms with E-state index in [2.05, 4.69) is 15.4 Å². The highest BCUT2D eigenvalue weighted by Gasteiger charge is 2.11. The third kappa shape index (κ3) is 4.05. The Balaban J connectivity index is 1.70. The number of hydrogen-bond acceptors (Lipinski definition) is 5. The number of amides is 1. The summed E-state index contributed by atoms with van der Waals surface area (Å²) in [7, 11) is 0. The minimum absolute atomic E-state index is 0.160. The fourth-order valence-corrected chi connectivity index (χ4v) is 3.55. The van der Waals surface area contributed by atoms with Crippen LogP contribution in [0, 0.1) is 20.8 Å². The second kappa shape index (κ2) is 7.61. The predicted molar refractivity (Wildman–Crippen MR) is 103 cm³/mol. The number of nitrogens with zero attached hydrogens (tertiary/aromatic N) is 3. The lowest BCUT2D eigenvalue weighted by Gasteiger charge is -2.08. The molecule has 0 atom stereocenters. The van der Waals surface area contributed by atoms with Gasteiger partial charge in [-0.25, -0.2) is 9.67 Å². The summed E-state index contributed by atoms with van der Waals surface area (Å²) in [5.41, 5.74) is 3.06. The molecule has 3 rings (SSSR count). The standard InChI is InChI=1S/C19H20N4O2S/c1-12-5-4-6-15(11-12)19(25)20-9-10-23-17(24)8-7-16(22-23)18-13(2)21-14(3)26-18/h4-8,11H,9-10H2,1-3H3,(H,20,25). The molecule has 0 bridgehead atoms. The Bertz CT molecular complexity index is 1010. The lowest BCUT2D eigenvalue weighted by molar-refractivity contribution is 0.0951. The van der Waals surface area contributed by atoms with Crippen molar-refractivity contribution in [1.82, 2.24) is 20.1 Å². The highest BCUT2D eigenvalue weighted by atomic mass is 32.1. The number of hydrogen-bond donors (Lipinski definition) is 1. The summed E-state index contributed by atoms with van der Waals surface area (Å²) in [6.07, 6.45) is 0. The fraction of sp³-hybridized carbons (Fsp3) is 0.263. The van der Waals surface area contributed by atoms with Crippen molar-refractivity contribution in [1.29, 1.82) is 0 Å². The van der Waals surface area contributed by atoms with E-state index in [-0.39, 0.29) is 11.5 Å². The molecule has 1 N–H and O–H groups in total. The van der Waals surface area contributed by atoms with Crippen molar-refractivity contribution in [2.24, 2.45) is 0 Å². The molecule has 0 saturated carbocycles. The third-order valence-electron chi connectivity index (χ3n) is 3.89. The Morgan fingerprint density at radius 2 is 2.00 bits per heavy atom. The Hall–Kier alpha value is -2.80. The molecule has 0 aliphatic rings. The molecular formula is C19H20N4O2S. The molecule has 7 heteroatoms. The number of benzene rings is 1. The lowest BCUT2D eigenvalue weighted by Crippen LogP contribution is -2.31.